The van der Waals surface area contributed by atoms with Crippen molar-refractivity contribution in [3.63, 3.8) is 0 Å². The highest BCUT2D eigenvalue weighted by molar-refractivity contribution is 5.82. The van der Waals surface area contributed by atoms with E-state index < -0.39 is 17.2 Å². The lowest BCUT2D eigenvalue weighted by Gasteiger charge is -2.34. The van der Waals surface area contributed by atoms with Crippen LogP contribution < -0.4 is 4.74 Å². The molecule has 4 heteroatoms. The monoisotopic (exact) mass is 292 g/mol. The van der Waals surface area contributed by atoms with Crippen molar-refractivity contribution in [1.82, 2.24) is 0 Å². The van der Waals surface area contributed by atoms with Crippen molar-refractivity contribution in [3.05, 3.63) is 29.6 Å². The topological polar surface area (TPSA) is 46.5 Å². The van der Waals surface area contributed by atoms with E-state index in [0.29, 0.717) is 30.9 Å². The molecule has 2 aliphatic carbocycles. The molecular formula is C17H21FO3. The molecule has 21 heavy (non-hydrogen) atoms. The summed E-state index contributed by atoms with van der Waals surface area (Å²) >= 11 is 0. The van der Waals surface area contributed by atoms with Crippen LogP contribution in [0, 0.1) is 11.7 Å². The molecule has 0 radical (unpaired) electrons. The molecule has 3 rings (SSSR count). The maximum atomic E-state index is 14.2. The summed E-state index contributed by atoms with van der Waals surface area (Å²) in [7, 11) is 0. The molecule has 1 aromatic rings. The van der Waals surface area contributed by atoms with Crippen molar-refractivity contribution in [3.8, 4) is 5.75 Å². The molecule has 2 aliphatic rings. The van der Waals surface area contributed by atoms with Crippen LogP contribution in [0.3, 0.4) is 0 Å². The minimum absolute atomic E-state index is 0.161. The first-order valence-electron chi connectivity index (χ1n) is 7.79. The van der Waals surface area contributed by atoms with Crippen molar-refractivity contribution in [2.45, 2.75) is 50.4 Å². The number of rotatable bonds is 5. The molecule has 0 saturated heterocycles. The molecule has 2 saturated carbocycles. The molecule has 1 aromatic carbocycles. The Hall–Kier alpha value is -1.58. The number of benzene rings is 1. The average Bonchev–Trinajstić information content (AvgIpc) is 3.30. The Labute approximate surface area is 124 Å². The number of aliphatic carboxylic acids is 1. The molecule has 2 fully saturated rings. The van der Waals surface area contributed by atoms with E-state index in [1.807, 2.05) is 0 Å². The van der Waals surface area contributed by atoms with E-state index in [2.05, 4.69) is 0 Å². The van der Waals surface area contributed by atoms with E-state index in [1.54, 1.807) is 12.1 Å². The summed E-state index contributed by atoms with van der Waals surface area (Å²) in [5.41, 5.74) is -0.463. The quantitative estimate of drug-likeness (QED) is 0.895. The molecule has 0 spiro atoms. The fourth-order valence-corrected chi connectivity index (χ4v) is 3.27. The van der Waals surface area contributed by atoms with Gasteiger partial charge in [-0.2, -0.15) is 0 Å². The Morgan fingerprint density at radius 2 is 2.00 bits per heavy atom. The molecule has 0 aliphatic heterocycles. The van der Waals surface area contributed by atoms with Crippen LogP contribution in [-0.4, -0.2) is 17.7 Å². The van der Waals surface area contributed by atoms with Crippen molar-refractivity contribution in [1.29, 1.82) is 0 Å². The largest absolute Gasteiger partial charge is 0.490 e. The van der Waals surface area contributed by atoms with E-state index in [1.165, 1.54) is 6.07 Å². The molecule has 0 bridgehead atoms. The third-order valence-electron chi connectivity index (χ3n) is 4.76. The highest BCUT2D eigenvalue weighted by Crippen LogP contribution is 2.44. The smallest absolute Gasteiger partial charge is 0.314 e. The molecule has 1 N–H and O–H groups in total. The number of para-hydroxylation sites is 1. The second-order valence-electron chi connectivity index (χ2n) is 6.32. The second-order valence-corrected chi connectivity index (χ2v) is 6.32. The van der Waals surface area contributed by atoms with Gasteiger partial charge in [-0.1, -0.05) is 31.4 Å². The van der Waals surface area contributed by atoms with E-state index in [-0.39, 0.29) is 5.75 Å². The van der Waals surface area contributed by atoms with Crippen LogP contribution >= 0.6 is 0 Å². The lowest BCUT2D eigenvalue weighted by Crippen LogP contribution is -2.38. The van der Waals surface area contributed by atoms with Gasteiger partial charge in [0, 0.05) is 5.56 Å². The van der Waals surface area contributed by atoms with Gasteiger partial charge in [-0.05, 0) is 37.7 Å². The van der Waals surface area contributed by atoms with E-state index in [9.17, 15) is 14.3 Å². The van der Waals surface area contributed by atoms with Crippen molar-refractivity contribution >= 4 is 5.97 Å². The van der Waals surface area contributed by atoms with Crippen molar-refractivity contribution < 1.29 is 19.0 Å². The van der Waals surface area contributed by atoms with Crippen molar-refractivity contribution in [2.24, 2.45) is 5.92 Å². The zero-order valence-electron chi connectivity index (χ0n) is 12.1. The third kappa shape index (κ3) is 2.76. The number of carboxylic acids is 1. The summed E-state index contributed by atoms with van der Waals surface area (Å²) in [4.78, 5) is 11.9. The number of halogens is 1. The number of ether oxygens (including phenoxy) is 1. The minimum Gasteiger partial charge on any atom is -0.490 e. The molecule has 0 amide bonds. The summed E-state index contributed by atoms with van der Waals surface area (Å²) in [5, 5.41) is 9.77. The van der Waals surface area contributed by atoms with Gasteiger partial charge in [0.1, 0.15) is 0 Å². The Balaban J connectivity index is 1.97. The summed E-state index contributed by atoms with van der Waals surface area (Å²) in [6.07, 6.45) is 6.14. The van der Waals surface area contributed by atoms with Gasteiger partial charge in [-0.25, -0.2) is 4.39 Å². The van der Waals surface area contributed by atoms with Gasteiger partial charge >= 0.3 is 5.97 Å². The summed E-state index contributed by atoms with van der Waals surface area (Å²) in [5.74, 6) is -0.637. The lowest BCUT2D eigenvalue weighted by atomic mass is 9.69. The van der Waals surface area contributed by atoms with Gasteiger partial charge in [0.05, 0.1) is 12.0 Å². The fraction of sp³-hybridized carbons (Fsp3) is 0.588. The van der Waals surface area contributed by atoms with Crippen LogP contribution in [-0.2, 0) is 10.2 Å². The fourth-order valence-electron chi connectivity index (χ4n) is 3.27. The van der Waals surface area contributed by atoms with Gasteiger partial charge in [-0.15, -0.1) is 0 Å². The van der Waals surface area contributed by atoms with Crippen LogP contribution in [0.5, 0.6) is 5.75 Å². The maximum absolute atomic E-state index is 14.2. The Morgan fingerprint density at radius 3 is 2.62 bits per heavy atom. The Kier molecular flexibility index (Phi) is 3.87. The lowest BCUT2D eigenvalue weighted by molar-refractivity contribution is -0.145. The van der Waals surface area contributed by atoms with Gasteiger partial charge in [0.15, 0.2) is 11.6 Å². The first-order valence-corrected chi connectivity index (χ1v) is 7.79. The molecule has 114 valence electrons. The predicted octanol–water partition coefficient (Wildman–Crippen LogP) is 3.90. The first-order chi connectivity index (χ1) is 10.1. The van der Waals surface area contributed by atoms with Crippen LogP contribution in [0.4, 0.5) is 4.39 Å². The minimum atomic E-state index is -0.987. The first kappa shape index (κ1) is 14.4. The number of hydrogen-bond acceptors (Lipinski definition) is 2. The molecule has 0 aromatic heterocycles. The van der Waals surface area contributed by atoms with Gasteiger partial charge in [0.25, 0.3) is 0 Å². The van der Waals surface area contributed by atoms with Gasteiger partial charge in [0.2, 0.25) is 0 Å². The summed E-state index contributed by atoms with van der Waals surface area (Å²) in [6, 6.07) is 4.67. The molecule has 0 heterocycles. The van der Waals surface area contributed by atoms with Crippen molar-refractivity contribution in [2.75, 3.05) is 6.61 Å². The summed E-state index contributed by atoms with van der Waals surface area (Å²) in [6.45, 7) is 0.490. The molecule has 0 atom stereocenters. The van der Waals surface area contributed by atoms with Gasteiger partial charge < -0.3 is 9.84 Å². The predicted molar refractivity (Wildman–Crippen MR) is 77.0 cm³/mol. The van der Waals surface area contributed by atoms with Crippen LogP contribution in [0.25, 0.3) is 0 Å². The highest BCUT2D eigenvalue weighted by atomic mass is 19.1. The van der Waals surface area contributed by atoms with Crippen LogP contribution in [0.2, 0.25) is 0 Å². The SMILES string of the molecule is O=C(O)C1(c2cccc(F)c2OCC2CC2)CCCCC1. The Bertz CT molecular complexity index is 531. The third-order valence-corrected chi connectivity index (χ3v) is 4.76. The van der Waals surface area contributed by atoms with E-state index in [0.717, 1.165) is 32.1 Å². The van der Waals surface area contributed by atoms with Crippen LogP contribution in [0.15, 0.2) is 18.2 Å². The summed E-state index contributed by atoms with van der Waals surface area (Å²) < 4.78 is 19.9. The number of hydrogen-bond donors (Lipinski definition) is 1. The van der Waals surface area contributed by atoms with E-state index >= 15 is 0 Å². The molecule has 3 nitrogen and oxygen atoms in total. The zero-order chi connectivity index (χ0) is 14.9. The van der Waals surface area contributed by atoms with E-state index in [4.69, 9.17) is 4.74 Å². The van der Waals surface area contributed by atoms with Gasteiger partial charge in [-0.3, -0.25) is 4.79 Å². The zero-order valence-corrected chi connectivity index (χ0v) is 12.1. The average molecular weight is 292 g/mol. The molecular weight excluding hydrogens is 271 g/mol. The number of carbonyl (C=O) groups is 1. The Morgan fingerprint density at radius 1 is 1.29 bits per heavy atom. The highest BCUT2D eigenvalue weighted by Gasteiger charge is 2.44. The molecule has 0 unspecified atom stereocenters. The van der Waals surface area contributed by atoms with Crippen LogP contribution in [0.1, 0.15) is 50.5 Å². The second kappa shape index (κ2) is 5.66. The number of carboxylic acid groups (broad SMARTS) is 1. The standard InChI is InChI=1S/C17H21FO3/c18-14-6-4-5-13(15(14)21-11-12-7-8-12)17(16(19)20)9-2-1-3-10-17/h4-6,12H,1-3,7-11H2,(H,19,20). The normalized spacial score (nSPS) is 21.0. The maximum Gasteiger partial charge on any atom is 0.314 e.